The highest BCUT2D eigenvalue weighted by Gasteiger charge is 2.32. The zero-order chi connectivity index (χ0) is 19.9. The van der Waals surface area contributed by atoms with E-state index in [1.165, 1.54) is 4.90 Å². The van der Waals surface area contributed by atoms with E-state index in [1.807, 2.05) is 0 Å². The molecule has 2 unspecified atom stereocenters. The van der Waals surface area contributed by atoms with Crippen molar-refractivity contribution in [1.29, 1.82) is 0 Å². The summed E-state index contributed by atoms with van der Waals surface area (Å²) in [4.78, 5) is 37.9. The Labute approximate surface area is 165 Å². The van der Waals surface area contributed by atoms with Crippen molar-refractivity contribution in [2.24, 2.45) is 0 Å². The number of ether oxygens (including phenoxy) is 1. The summed E-state index contributed by atoms with van der Waals surface area (Å²) < 4.78 is 5.65. The fourth-order valence-corrected chi connectivity index (χ4v) is 3.88. The zero-order valence-electron chi connectivity index (χ0n) is 16.1. The second-order valence-corrected chi connectivity index (χ2v) is 7.50. The minimum atomic E-state index is -0.970. The smallest absolute Gasteiger partial charge is 0.326 e. The Hall–Kier alpha value is -2.41. The van der Waals surface area contributed by atoms with Gasteiger partial charge >= 0.3 is 5.97 Å². The lowest BCUT2D eigenvalue weighted by Crippen LogP contribution is -2.48. The minimum absolute atomic E-state index is 0.111. The molecule has 28 heavy (non-hydrogen) atoms. The molecule has 2 N–H and O–H groups in total. The molecule has 2 aliphatic rings. The van der Waals surface area contributed by atoms with E-state index in [9.17, 15) is 19.5 Å². The fraction of sp³-hybridized carbons (Fsp3) is 0.571. The van der Waals surface area contributed by atoms with E-state index in [0.29, 0.717) is 37.1 Å². The Kier molecular flexibility index (Phi) is 7.03. The Balaban J connectivity index is 1.58. The second kappa shape index (κ2) is 9.68. The number of nitrogens with one attached hydrogen (secondary N) is 1. The summed E-state index contributed by atoms with van der Waals surface area (Å²) in [6.07, 6.45) is 6.52. The maximum absolute atomic E-state index is 12.8. The summed E-state index contributed by atoms with van der Waals surface area (Å²) in [6.45, 7) is 1.21. The number of hydrogen-bond donors (Lipinski definition) is 2. The third-order valence-electron chi connectivity index (χ3n) is 5.41. The summed E-state index contributed by atoms with van der Waals surface area (Å²) in [6, 6.07) is 5.92. The topological polar surface area (TPSA) is 95.9 Å². The Morgan fingerprint density at radius 1 is 1.14 bits per heavy atom. The van der Waals surface area contributed by atoms with Crippen molar-refractivity contribution >= 4 is 23.5 Å². The lowest BCUT2D eigenvalue weighted by Gasteiger charge is -2.33. The van der Waals surface area contributed by atoms with Crippen LogP contribution in [0.1, 0.15) is 61.7 Å². The third-order valence-corrected chi connectivity index (χ3v) is 5.41. The summed E-state index contributed by atoms with van der Waals surface area (Å²) in [5, 5.41) is 12.2. The predicted molar refractivity (Wildman–Crippen MR) is 104 cm³/mol. The normalized spacial score (nSPS) is 22.5. The SMILES string of the molecule is O=C(CCC1CCCCO1)Nc1cccc(C(=O)N2CCCCC2C(=O)O)c1. The van der Waals surface area contributed by atoms with Gasteiger partial charge in [0.1, 0.15) is 6.04 Å². The average molecular weight is 388 g/mol. The number of carbonyl (C=O) groups excluding carboxylic acids is 2. The van der Waals surface area contributed by atoms with Gasteiger partial charge in [0.15, 0.2) is 0 Å². The van der Waals surface area contributed by atoms with Gasteiger partial charge in [-0.15, -0.1) is 0 Å². The molecule has 1 aromatic carbocycles. The largest absolute Gasteiger partial charge is 0.480 e. The molecule has 0 spiro atoms. The van der Waals surface area contributed by atoms with Crippen LogP contribution in [0.4, 0.5) is 5.69 Å². The summed E-state index contributed by atoms with van der Waals surface area (Å²) >= 11 is 0. The lowest BCUT2D eigenvalue weighted by atomic mass is 10.0. The van der Waals surface area contributed by atoms with Crippen LogP contribution in [0, 0.1) is 0 Å². The van der Waals surface area contributed by atoms with Gasteiger partial charge in [-0.3, -0.25) is 9.59 Å². The quantitative estimate of drug-likeness (QED) is 0.781. The number of nitrogens with zero attached hydrogens (tertiary/aromatic N) is 1. The van der Waals surface area contributed by atoms with Crippen LogP contribution in [0.3, 0.4) is 0 Å². The van der Waals surface area contributed by atoms with Crippen LogP contribution < -0.4 is 5.32 Å². The molecule has 0 bridgehead atoms. The van der Waals surface area contributed by atoms with E-state index in [2.05, 4.69) is 5.32 Å². The van der Waals surface area contributed by atoms with Gasteiger partial charge in [-0.1, -0.05) is 6.07 Å². The van der Waals surface area contributed by atoms with Gasteiger partial charge in [-0.25, -0.2) is 4.79 Å². The first kappa shape index (κ1) is 20.3. The number of piperidine rings is 1. The van der Waals surface area contributed by atoms with Gasteiger partial charge < -0.3 is 20.1 Å². The monoisotopic (exact) mass is 388 g/mol. The molecule has 0 radical (unpaired) electrons. The van der Waals surface area contributed by atoms with Crippen molar-refractivity contribution in [2.75, 3.05) is 18.5 Å². The highest BCUT2D eigenvalue weighted by molar-refractivity contribution is 5.99. The molecule has 0 aliphatic carbocycles. The van der Waals surface area contributed by atoms with E-state index in [1.54, 1.807) is 24.3 Å². The maximum atomic E-state index is 12.8. The van der Waals surface area contributed by atoms with Gasteiger partial charge in [0.05, 0.1) is 6.10 Å². The molecule has 3 rings (SSSR count). The van der Waals surface area contributed by atoms with Gasteiger partial charge in [-0.2, -0.15) is 0 Å². The van der Waals surface area contributed by atoms with E-state index in [0.717, 1.165) is 38.7 Å². The fourth-order valence-electron chi connectivity index (χ4n) is 3.88. The van der Waals surface area contributed by atoms with E-state index in [-0.39, 0.29) is 17.9 Å². The first-order valence-electron chi connectivity index (χ1n) is 10.1. The molecular weight excluding hydrogens is 360 g/mol. The highest BCUT2D eigenvalue weighted by atomic mass is 16.5. The number of anilines is 1. The number of rotatable bonds is 6. The molecule has 152 valence electrons. The molecule has 0 aromatic heterocycles. The molecule has 2 heterocycles. The number of likely N-dealkylation sites (tertiary alicyclic amines) is 1. The molecule has 7 nitrogen and oxygen atoms in total. The third kappa shape index (κ3) is 5.32. The molecule has 2 aliphatic heterocycles. The van der Waals surface area contributed by atoms with Crippen LogP contribution in [0.2, 0.25) is 0 Å². The number of carboxylic acid groups (broad SMARTS) is 1. The van der Waals surface area contributed by atoms with Crippen molar-refractivity contribution in [3.8, 4) is 0 Å². The van der Waals surface area contributed by atoms with Crippen LogP contribution >= 0.6 is 0 Å². The summed E-state index contributed by atoms with van der Waals surface area (Å²) in [5.74, 6) is -1.39. The maximum Gasteiger partial charge on any atom is 0.326 e. The first-order chi connectivity index (χ1) is 13.5. The molecule has 2 atom stereocenters. The number of aliphatic carboxylic acids is 1. The standard InChI is InChI=1S/C21H28N2O5/c24-19(11-10-17-8-2-4-13-28-17)22-16-7-5-6-15(14-16)20(25)23-12-3-1-9-18(23)21(26)27/h5-7,14,17-18H,1-4,8-13H2,(H,22,24)(H,26,27). The average Bonchev–Trinajstić information content (AvgIpc) is 2.72. The Bertz CT molecular complexity index is 715. The van der Waals surface area contributed by atoms with E-state index < -0.39 is 12.0 Å². The molecule has 7 heteroatoms. The van der Waals surface area contributed by atoms with Gasteiger partial charge in [0.25, 0.3) is 5.91 Å². The lowest BCUT2D eigenvalue weighted by molar-refractivity contribution is -0.143. The Morgan fingerprint density at radius 2 is 1.96 bits per heavy atom. The van der Waals surface area contributed by atoms with Gasteiger partial charge in [-0.05, 0) is 63.1 Å². The number of hydrogen-bond acceptors (Lipinski definition) is 4. The molecule has 1 aromatic rings. The van der Waals surface area contributed by atoms with Crippen molar-refractivity contribution in [2.45, 2.75) is 63.5 Å². The minimum Gasteiger partial charge on any atom is -0.480 e. The first-order valence-corrected chi connectivity index (χ1v) is 10.1. The van der Waals surface area contributed by atoms with Crippen LogP contribution in [0.15, 0.2) is 24.3 Å². The van der Waals surface area contributed by atoms with Crippen LogP contribution in [0.5, 0.6) is 0 Å². The van der Waals surface area contributed by atoms with Crippen LogP contribution in [-0.4, -0.2) is 53.1 Å². The van der Waals surface area contributed by atoms with Gasteiger partial charge in [0, 0.05) is 30.8 Å². The van der Waals surface area contributed by atoms with E-state index in [4.69, 9.17) is 4.74 Å². The van der Waals surface area contributed by atoms with Crippen LogP contribution in [-0.2, 0) is 14.3 Å². The second-order valence-electron chi connectivity index (χ2n) is 7.50. The number of benzene rings is 1. The molecule has 0 saturated carbocycles. The molecule has 2 amide bonds. The van der Waals surface area contributed by atoms with E-state index >= 15 is 0 Å². The summed E-state index contributed by atoms with van der Waals surface area (Å²) in [7, 11) is 0. The molecule has 2 fully saturated rings. The number of carbonyl (C=O) groups is 3. The molecular formula is C21H28N2O5. The van der Waals surface area contributed by atoms with Crippen molar-refractivity contribution in [3.05, 3.63) is 29.8 Å². The van der Waals surface area contributed by atoms with Crippen molar-refractivity contribution in [3.63, 3.8) is 0 Å². The summed E-state index contributed by atoms with van der Waals surface area (Å²) in [5.41, 5.74) is 0.936. The van der Waals surface area contributed by atoms with Crippen LogP contribution in [0.25, 0.3) is 0 Å². The highest BCUT2D eigenvalue weighted by Crippen LogP contribution is 2.22. The van der Waals surface area contributed by atoms with Crippen molar-refractivity contribution in [1.82, 2.24) is 4.90 Å². The molecule has 2 saturated heterocycles. The Morgan fingerprint density at radius 3 is 2.71 bits per heavy atom. The van der Waals surface area contributed by atoms with Gasteiger partial charge in [0.2, 0.25) is 5.91 Å². The number of carboxylic acids is 1. The predicted octanol–water partition coefficient (Wildman–Crippen LogP) is 3.05. The van der Waals surface area contributed by atoms with Crippen molar-refractivity contribution < 1.29 is 24.2 Å². The zero-order valence-corrected chi connectivity index (χ0v) is 16.1. The number of amides is 2.